The molecule has 0 aromatic heterocycles. The predicted molar refractivity (Wildman–Crippen MR) is 81.3 cm³/mol. The number of anilines is 2. The van der Waals surface area contributed by atoms with E-state index >= 15 is 0 Å². The summed E-state index contributed by atoms with van der Waals surface area (Å²) < 4.78 is 6.02. The van der Waals surface area contributed by atoms with Crippen LogP contribution < -0.4 is 16.4 Å². The number of nitrogens with two attached hydrogens (primary N) is 1. The molecule has 0 saturated heterocycles. The zero-order valence-corrected chi connectivity index (χ0v) is 13.0. The van der Waals surface area contributed by atoms with Crippen molar-refractivity contribution >= 4 is 33.4 Å². The standard InChI is InChI=1S/C13H20BrN3O2/c1-13(2,3)19-12(18)17-7-6-16-11-5-4-9(15)8-10(11)14/h4-5,8,16H,6-7,15H2,1-3H3,(H,17,18). The number of rotatable bonds is 4. The van der Waals surface area contributed by atoms with Crippen molar-refractivity contribution in [1.82, 2.24) is 5.32 Å². The zero-order chi connectivity index (χ0) is 14.5. The summed E-state index contributed by atoms with van der Waals surface area (Å²) in [6.45, 7) is 6.57. The van der Waals surface area contributed by atoms with Gasteiger partial charge in [-0.3, -0.25) is 0 Å². The second-order valence-corrected chi connectivity index (χ2v) is 5.95. The summed E-state index contributed by atoms with van der Waals surface area (Å²) in [5.74, 6) is 0. The molecule has 5 nitrogen and oxygen atoms in total. The van der Waals surface area contributed by atoms with E-state index in [9.17, 15) is 4.79 Å². The topological polar surface area (TPSA) is 76.4 Å². The fourth-order valence-corrected chi connectivity index (χ4v) is 1.89. The van der Waals surface area contributed by atoms with Crippen LogP contribution in [0.4, 0.5) is 16.2 Å². The number of alkyl carbamates (subject to hydrolysis) is 1. The monoisotopic (exact) mass is 329 g/mol. The fraction of sp³-hybridized carbons (Fsp3) is 0.462. The SMILES string of the molecule is CC(C)(C)OC(=O)NCCNc1ccc(N)cc1Br. The van der Waals surface area contributed by atoms with Crippen LogP contribution in [-0.2, 0) is 4.74 Å². The minimum Gasteiger partial charge on any atom is -0.444 e. The molecule has 106 valence electrons. The van der Waals surface area contributed by atoms with E-state index in [1.807, 2.05) is 39.0 Å². The Morgan fingerprint density at radius 2 is 2.05 bits per heavy atom. The van der Waals surface area contributed by atoms with Gasteiger partial charge in [-0.15, -0.1) is 0 Å². The smallest absolute Gasteiger partial charge is 0.407 e. The van der Waals surface area contributed by atoms with E-state index in [1.165, 1.54) is 0 Å². The number of carbonyl (C=O) groups is 1. The van der Waals surface area contributed by atoms with Crippen LogP contribution >= 0.6 is 15.9 Å². The molecule has 0 bridgehead atoms. The molecule has 6 heteroatoms. The molecular weight excluding hydrogens is 310 g/mol. The Morgan fingerprint density at radius 3 is 2.63 bits per heavy atom. The average molecular weight is 330 g/mol. The van der Waals surface area contributed by atoms with Crippen LogP contribution in [0.25, 0.3) is 0 Å². The van der Waals surface area contributed by atoms with Crippen LogP contribution in [0.2, 0.25) is 0 Å². The third-order valence-electron chi connectivity index (χ3n) is 2.10. The van der Waals surface area contributed by atoms with Crippen molar-refractivity contribution < 1.29 is 9.53 Å². The second-order valence-electron chi connectivity index (χ2n) is 5.09. The molecule has 0 aliphatic heterocycles. The van der Waals surface area contributed by atoms with Gasteiger partial charge < -0.3 is 21.1 Å². The lowest BCUT2D eigenvalue weighted by molar-refractivity contribution is 0.0530. The van der Waals surface area contributed by atoms with Crippen molar-refractivity contribution in [3.8, 4) is 0 Å². The maximum atomic E-state index is 11.4. The quantitative estimate of drug-likeness (QED) is 0.586. The highest BCUT2D eigenvalue weighted by Gasteiger charge is 2.15. The molecule has 0 heterocycles. The van der Waals surface area contributed by atoms with Crippen molar-refractivity contribution in [3.05, 3.63) is 22.7 Å². The van der Waals surface area contributed by atoms with Gasteiger partial charge in [0.25, 0.3) is 0 Å². The Kier molecular flexibility index (Phi) is 5.47. The normalized spacial score (nSPS) is 10.9. The van der Waals surface area contributed by atoms with Gasteiger partial charge in [0.05, 0.1) is 0 Å². The van der Waals surface area contributed by atoms with E-state index in [0.717, 1.165) is 10.2 Å². The summed E-state index contributed by atoms with van der Waals surface area (Å²) in [7, 11) is 0. The molecule has 0 atom stereocenters. The first-order valence-electron chi connectivity index (χ1n) is 6.04. The molecule has 1 amide bonds. The van der Waals surface area contributed by atoms with E-state index in [4.69, 9.17) is 10.5 Å². The molecule has 0 spiro atoms. The fourth-order valence-electron chi connectivity index (χ4n) is 1.35. The minimum atomic E-state index is -0.475. The highest BCUT2D eigenvalue weighted by molar-refractivity contribution is 9.10. The summed E-state index contributed by atoms with van der Waals surface area (Å²) in [5.41, 5.74) is 6.80. The Balaban J connectivity index is 2.29. The molecule has 1 rings (SSSR count). The molecule has 0 aliphatic rings. The number of benzene rings is 1. The number of amides is 1. The van der Waals surface area contributed by atoms with E-state index in [0.29, 0.717) is 18.8 Å². The molecular formula is C13H20BrN3O2. The summed E-state index contributed by atoms with van der Waals surface area (Å²) >= 11 is 3.41. The van der Waals surface area contributed by atoms with E-state index < -0.39 is 11.7 Å². The van der Waals surface area contributed by atoms with Gasteiger partial charge in [-0.05, 0) is 54.9 Å². The van der Waals surface area contributed by atoms with Crippen LogP contribution in [0.5, 0.6) is 0 Å². The van der Waals surface area contributed by atoms with Gasteiger partial charge >= 0.3 is 6.09 Å². The summed E-state index contributed by atoms with van der Waals surface area (Å²) in [5, 5.41) is 5.86. The number of carbonyl (C=O) groups excluding carboxylic acids is 1. The van der Waals surface area contributed by atoms with Crippen LogP contribution in [0, 0.1) is 0 Å². The van der Waals surface area contributed by atoms with Crippen molar-refractivity contribution in [2.45, 2.75) is 26.4 Å². The number of nitrogen functional groups attached to an aromatic ring is 1. The molecule has 0 saturated carbocycles. The Hall–Kier alpha value is -1.43. The van der Waals surface area contributed by atoms with E-state index in [-0.39, 0.29) is 0 Å². The molecule has 19 heavy (non-hydrogen) atoms. The van der Waals surface area contributed by atoms with E-state index in [1.54, 1.807) is 0 Å². The van der Waals surface area contributed by atoms with Gasteiger partial charge in [0.15, 0.2) is 0 Å². The maximum absolute atomic E-state index is 11.4. The third kappa shape index (κ3) is 6.33. The van der Waals surface area contributed by atoms with Crippen LogP contribution in [0.1, 0.15) is 20.8 Å². The maximum Gasteiger partial charge on any atom is 0.407 e. The summed E-state index contributed by atoms with van der Waals surface area (Å²) in [4.78, 5) is 11.4. The first kappa shape index (κ1) is 15.6. The highest BCUT2D eigenvalue weighted by atomic mass is 79.9. The third-order valence-corrected chi connectivity index (χ3v) is 2.76. The molecule has 1 aromatic carbocycles. The van der Waals surface area contributed by atoms with Gasteiger partial charge in [-0.25, -0.2) is 4.79 Å². The van der Waals surface area contributed by atoms with Crippen molar-refractivity contribution in [3.63, 3.8) is 0 Å². The molecule has 1 aromatic rings. The highest BCUT2D eigenvalue weighted by Crippen LogP contribution is 2.24. The van der Waals surface area contributed by atoms with Gasteiger partial charge in [0.2, 0.25) is 0 Å². The van der Waals surface area contributed by atoms with Crippen LogP contribution in [0.15, 0.2) is 22.7 Å². The number of hydrogen-bond donors (Lipinski definition) is 3. The first-order chi connectivity index (χ1) is 8.78. The van der Waals surface area contributed by atoms with Gasteiger partial charge in [-0.2, -0.15) is 0 Å². The number of halogens is 1. The Bertz CT molecular complexity index is 444. The number of hydrogen-bond acceptors (Lipinski definition) is 4. The molecule has 0 radical (unpaired) electrons. The predicted octanol–water partition coefficient (Wildman–Crippen LogP) is 2.97. The Labute approximate surface area is 122 Å². The largest absolute Gasteiger partial charge is 0.444 e. The van der Waals surface area contributed by atoms with Gasteiger partial charge in [-0.1, -0.05) is 0 Å². The Morgan fingerprint density at radius 1 is 1.37 bits per heavy atom. The average Bonchev–Trinajstić information content (AvgIpc) is 2.24. The van der Waals surface area contributed by atoms with Crippen molar-refractivity contribution in [1.29, 1.82) is 0 Å². The van der Waals surface area contributed by atoms with Gasteiger partial charge in [0, 0.05) is 28.9 Å². The first-order valence-corrected chi connectivity index (χ1v) is 6.83. The lowest BCUT2D eigenvalue weighted by Gasteiger charge is -2.19. The van der Waals surface area contributed by atoms with E-state index in [2.05, 4.69) is 26.6 Å². The lowest BCUT2D eigenvalue weighted by Crippen LogP contribution is -2.35. The number of ether oxygens (including phenoxy) is 1. The molecule has 4 N–H and O–H groups in total. The van der Waals surface area contributed by atoms with Crippen molar-refractivity contribution in [2.24, 2.45) is 0 Å². The van der Waals surface area contributed by atoms with Crippen LogP contribution in [-0.4, -0.2) is 24.8 Å². The number of nitrogens with one attached hydrogen (secondary N) is 2. The van der Waals surface area contributed by atoms with Crippen LogP contribution in [0.3, 0.4) is 0 Å². The lowest BCUT2D eigenvalue weighted by atomic mass is 10.2. The summed E-state index contributed by atoms with van der Waals surface area (Å²) in [6.07, 6.45) is -0.411. The van der Waals surface area contributed by atoms with Gasteiger partial charge in [0.1, 0.15) is 5.60 Å². The minimum absolute atomic E-state index is 0.411. The second kappa shape index (κ2) is 6.65. The zero-order valence-electron chi connectivity index (χ0n) is 11.4. The van der Waals surface area contributed by atoms with Crippen molar-refractivity contribution in [2.75, 3.05) is 24.1 Å². The summed E-state index contributed by atoms with van der Waals surface area (Å²) in [6, 6.07) is 5.52. The molecule has 0 aliphatic carbocycles. The molecule has 0 fully saturated rings. The molecule has 0 unspecified atom stereocenters.